The monoisotopic (exact) mass is 290 g/mol. The molecule has 0 radical (unpaired) electrons. The summed E-state index contributed by atoms with van der Waals surface area (Å²) in [7, 11) is -0.772. The second-order valence-electron chi connectivity index (χ2n) is 5.72. The van der Waals surface area contributed by atoms with Crippen LogP contribution in [0.4, 0.5) is 4.79 Å². The Morgan fingerprint density at radius 3 is 2.26 bits per heavy atom. The van der Waals surface area contributed by atoms with Gasteiger partial charge in [0.2, 0.25) is 0 Å². The highest BCUT2D eigenvalue weighted by molar-refractivity contribution is 7.85. The molecule has 1 heterocycles. The minimum Gasteiger partial charge on any atom is -0.480 e. The van der Waals surface area contributed by atoms with Crippen molar-refractivity contribution in [2.24, 2.45) is 0 Å². The number of carbonyl (C=O) groups excluding carboxylic acids is 1. The molecule has 1 fully saturated rings. The van der Waals surface area contributed by atoms with Gasteiger partial charge in [-0.15, -0.1) is 0 Å². The number of aliphatic carboxylic acids is 1. The molecular formula is C12H22N2O4S. The maximum atomic E-state index is 12.2. The second-order valence-corrected chi connectivity index (χ2v) is 7.42. The summed E-state index contributed by atoms with van der Waals surface area (Å²) >= 11 is 0. The zero-order valence-corrected chi connectivity index (χ0v) is 12.5. The Hall–Kier alpha value is -1.11. The topological polar surface area (TPSA) is 86.7 Å². The van der Waals surface area contributed by atoms with Crippen molar-refractivity contribution in [3.8, 4) is 0 Å². The van der Waals surface area contributed by atoms with Crippen LogP contribution in [-0.2, 0) is 15.6 Å². The first-order valence-electron chi connectivity index (χ1n) is 6.35. The fourth-order valence-corrected chi connectivity index (χ4v) is 3.24. The zero-order valence-electron chi connectivity index (χ0n) is 11.6. The fraction of sp³-hybridized carbons (Fsp3) is 0.833. The molecule has 0 aromatic carbocycles. The highest BCUT2D eigenvalue weighted by Crippen LogP contribution is 2.15. The summed E-state index contributed by atoms with van der Waals surface area (Å²) in [6.07, 6.45) is 1.37. The van der Waals surface area contributed by atoms with Crippen molar-refractivity contribution in [1.29, 1.82) is 0 Å². The molecule has 0 spiro atoms. The molecule has 0 aromatic heterocycles. The van der Waals surface area contributed by atoms with Gasteiger partial charge in [0.15, 0.2) is 0 Å². The lowest BCUT2D eigenvalue weighted by Gasteiger charge is -2.36. The molecule has 0 unspecified atom stereocenters. The zero-order chi connectivity index (χ0) is 14.6. The van der Waals surface area contributed by atoms with Crippen LogP contribution in [-0.4, -0.2) is 55.8 Å². The third kappa shape index (κ3) is 5.18. The number of carbonyl (C=O) groups is 2. The summed E-state index contributed by atoms with van der Waals surface area (Å²) in [6, 6.07) is -0.378. The highest BCUT2D eigenvalue weighted by Gasteiger charge is 2.30. The van der Waals surface area contributed by atoms with E-state index in [0.717, 1.165) is 0 Å². The van der Waals surface area contributed by atoms with Crippen LogP contribution in [0.5, 0.6) is 0 Å². The molecule has 6 nitrogen and oxygen atoms in total. The van der Waals surface area contributed by atoms with Crippen molar-refractivity contribution >= 4 is 22.8 Å². The average Bonchev–Trinajstić information content (AvgIpc) is 2.27. The van der Waals surface area contributed by atoms with Gasteiger partial charge in [-0.2, -0.15) is 0 Å². The van der Waals surface area contributed by atoms with E-state index in [2.05, 4.69) is 5.32 Å². The Labute approximate surface area is 116 Å². The van der Waals surface area contributed by atoms with Crippen LogP contribution in [0.3, 0.4) is 0 Å². The van der Waals surface area contributed by atoms with Crippen LogP contribution in [0.25, 0.3) is 0 Å². The Kier molecular flexibility index (Phi) is 5.34. The summed E-state index contributed by atoms with van der Waals surface area (Å²) in [6.45, 7) is 5.07. The van der Waals surface area contributed by atoms with Crippen molar-refractivity contribution in [3.63, 3.8) is 0 Å². The first-order valence-corrected chi connectivity index (χ1v) is 7.84. The van der Waals surface area contributed by atoms with Crippen molar-refractivity contribution in [2.75, 3.05) is 18.1 Å². The molecule has 0 aliphatic carbocycles. The molecule has 0 aromatic rings. The van der Waals surface area contributed by atoms with Gasteiger partial charge >= 0.3 is 12.0 Å². The molecule has 1 aliphatic heterocycles. The van der Waals surface area contributed by atoms with Crippen LogP contribution in [0.15, 0.2) is 0 Å². The van der Waals surface area contributed by atoms with Crippen molar-refractivity contribution in [2.45, 2.75) is 45.2 Å². The lowest BCUT2D eigenvalue weighted by Crippen LogP contribution is -2.55. The van der Waals surface area contributed by atoms with E-state index in [-0.39, 0.29) is 18.6 Å². The van der Waals surface area contributed by atoms with Gasteiger partial charge in [-0.25, -0.2) is 4.79 Å². The molecule has 2 N–H and O–H groups in total. The average molecular weight is 290 g/mol. The van der Waals surface area contributed by atoms with E-state index in [1.807, 2.05) is 0 Å². The lowest BCUT2D eigenvalue weighted by atomic mass is 10.1. The molecule has 7 heteroatoms. The molecule has 110 valence electrons. The first-order chi connectivity index (χ1) is 8.70. The Balaban J connectivity index is 2.62. The van der Waals surface area contributed by atoms with Gasteiger partial charge in [0, 0.05) is 33.9 Å². The van der Waals surface area contributed by atoms with Gasteiger partial charge in [0.25, 0.3) is 0 Å². The molecule has 0 saturated carbocycles. The maximum Gasteiger partial charge on any atom is 0.323 e. The Morgan fingerprint density at radius 1 is 1.32 bits per heavy atom. The number of carboxylic acid groups (broad SMARTS) is 1. The minimum atomic E-state index is -1.03. The second kappa shape index (κ2) is 6.36. The third-order valence-corrected chi connectivity index (χ3v) is 4.45. The normalized spacial score (nSPS) is 23.7. The molecule has 0 atom stereocenters. The van der Waals surface area contributed by atoms with Crippen LogP contribution in [0, 0.1) is 0 Å². The van der Waals surface area contributed by atoms with Gasteiger partial charge in [-0.1, -0.05) is 0 Å². The van der Waals surface area contributed by atoms with E-state index in [0.29, 0.717) is 24.3 Å². The molecule has 19 heavy (non-hydrogen) atoms. The molecule has 0 bridgehead atoms. The number of urea groups is 1. The molecule has 1 rings (SSSR count). The smallest absolute Gasteiger partial charge is 0.323 e. The predicted octanol–water partition coefficient (Wildman–Crippen LogP) is 0.792. The van der Waals surface area contributed by atoms with Gasteiger partial charge < -0.3 is 15.3 Å². The van der Waals surface area contributed by atoms with E-state index in [1.54, 1.807) is 20.8 Å². The summed E-state index contributed by atoms with van der Waals surface area (Å²) < 4.78 is 11.2. The maximum absolute atomic E-state index is 12.2. The van der Waals surface area contributed by atoms with Crippen LogP contribution in [0.2, 0.25) is 0 Å². The summed E-state index contributed by atoms with van der Waals surface area (Å²) in [5.74, 6) is 0.161. The number of hydrogen-bond acceptors (Lipinski definition) is 3. The summed E-state index contributed by atoms with van der Waals surface area (Å²) in [5.41, 5.74) is -0.556. The van der Waals surface area contributed by atoms with Gasteiger partial charge in [-0.3, -0.25) is 9.00 Å². The largest absolute Gasteiger partial charge is 0.480 e. The van der Waals surface area contributed by atoms with E-state index in [9.17, 15) is 13.8 Å². The predicted molar refractivity (Wildman–Crippen MR) is 73.5 cm³/mol. The standard InChI is InChI=1S/C12H22N2O4S/c1-12(2,3)14(8-10(15)16)11(17)13-9-4-6-19(18)7-5-9/h9H,4-8H2,1-3H3,(H,13,17)(H,15,16). The van der Waals surface area contributed by atoms with Gasteiger partial charge in [0.1, 0.15) is 6.54 Å². The van der Waals surface area contributed by atoms with E-state index < -0.39 is 22.3 Å². The Bertz CT molecular complexity index is 368. The number of hydrogen-bond donors (Lipinski definition) is 2. The summed E-state index contributed by atoms with van der Waals surface area (Å²) in [4.78, 5) is 24.3. The molecule has 2 amide bonds. The fourth-order valence-electron chi connectivity index (χ4n) is 1.94. The van der Waals surface area contributed by atoms with Crippen LogP contribution >= 0.6 is 0 Å². The van der Waals surface area contributed by atoms with Gasteiger partial charge in [-0.05, 0) is 33.6 Å². The van der Waals surface area contributed by atoms with Crippen molar-refractivity contribution in [3.05, 3.63) is 0 Å². The number of nitrogens with one attached hydrogen (secondary N) is 1. The SMILES string of the molecule is CC(C)(C)N(CC(=O)O)C(=O)NC1CCS(=O)CC1. The lowest BCUT2D eigenvalue weighted by molar-refractivity contribution is -0.138. The molecule has 1 saturated heterocycles. The van der Waals surface area contributed by atoms with Crippen LogP contribution < -0.4 is 5.32 Å². The highest BCUT2D eigenvalue weighted by atomic mass is 32.2. The Morgan fingerprint density at radius 2 is 1.84 bits per heavy atom. The first kappa shape index (κ1) is 15.9. The molecule has 1 aliphatic rings. The van der Waals surface area contributed by atoms with Crippen molar-refractivity contribution < 1.29 is 18.9 Å². The van der Waals surface area contributed by atoms with E-state index in [4.69, 9.17) is 5.11 Å². The number of amides is 2. The van der Waals surface area contributed by atoms with E-state index >= 15 is 0 Å². The number of nitrogens with zero attached hydrogens (tertiary/aromatic N) is 1. The van der Waals surface area contributed by atoms with Crippen molar-refractivity contribution in [1.82, 2.24) is 10.2 Å². The molecular weight excluding hydrogens is 268 g/mol. The minimum absolute atomic E-state index is 0.0103. The number of carboxylic acids is 1. The van der Waals surface area contributed by atoms with Crippen LogP contribution in [0.1, 0.15) is 33.6 Å². The van der Waals surface area contributed by atoms with E-state index in [1.165, 1.54) is 4.90 Å². The summed E-state index contributed by atoms with van der Waals surface area (Å²) in [5, 5.41) is 11.7. The quantitative estimate of drug-likeness (QED) is 0.804. The number of rotatable bonds is 3. The third-order valence-electron chi connectivity index (χ3n) is 3.06. The van der Waals surface area contributed by atoms with Gasteiger partial charge in [0.05, 0.1) is 0 Å².